The van der Waals surface area contributed by atoms with Crippen LogP contribution in [0.25, 0.3) is 0 Å². The summed E-state index contributed by atoms with van der Waals surface area (Å²) in [7, 11) is 0. The van der Waals surface area contributed by atoms with E-state index >= 15 is 0 Å². The average Bonchev–Trinajstić information content (AvgIpc) is 1.77. The first kappa shape index (κ1) is 5.08. The molecule has 0 aromatic carbocycles. The van der Waals surface area contributed by atoms with E-state index in [-0.39, 0.29) is 6.61 Å². The summed E-state index contributed by atoms with van der Waals surface area (Å²) in [5, 5.41) is 3.26. The Morgan fingerprint density at radius 2 is 2.50 bits per heavy atom. The molecule has 0 unspecified atom stereocenters. The van der Waals surface area contributed by atoms with Crippen LogP contribution in [0.5, 0.6) is 0 Å². The van der Waals surface area contributed by atoms with Crippen LogP contribution in [0.3, 0.4) is 0 Å². The molecule has 0 atom stereocenters. The minimum absolute atomic E-state index is 0.0185. The van der Waals surface area contributed by atoms with Crippen molar-refractivity contribution in [2.45, 2.75) is 6.92 Å². The van der Waals surface area contributed by atoms with Crippen LogP contribution in [0.2, 0.25) is 0 Å². The summed E-state index contributed by atoms with van der Waals surface area (Å²) in [6.45, 7) is 1.60. The lowest BCUT2D eigenvalue weighted by Gasteiger charge is -2.06. The van der Waals surface area contributed by atoms with Gasteiger partial charge in [0.25, 0.3) is 0 Å². The first-order valence-electron chi connectivity index (χ1n) is 2.16. The van der Waals surface area contributed by atoms with E-state index in [0.29, 0.717) is 5.90 Å². The highest BCUT2D eigenvalue weighted by Crippen LogP contribution is 1.92. The second kappa shape index (κ2) is 1.81. The highest BCUT2D eigenvalue weighted by molar-refractivity contribution is 5.81. The number of hydrogen-bond donors (Lipinski definition) is 0. The molecule has 0 aliphatic carbocycles. The van der Waals surface area contributed by atoms with Gasteiger partial charge in [0.05, 0.1) is 0 Å². The normalized spacial score (nSPS) is 18.6. The molecule has 0 saturated carbocycles. The van der Waals surface area contributed by atoms with E-state index in [9.17, 15) is 4.79 Å². The Balaban J connectivity index is 2.55. The van der Waals surface area contributed by atoms with Gasteiger partial charge in [-0.1, -0.05) is 0 Å². The lowest BCUT2D eigenvalue weighted by Crippen LogP contribution is -2.18. The van der Waals surface area contributed by atoms with Gasteiger partial charge in [-0.15, -0.1) is 0 Å². The SMILES string of the molecule is CC1=NOC(=O)CO1. The monoisotopic (exact) mass is 115 g/mol. The maximum absolute atomic E-state index is 10.2. The molecular formula is C4H5NO3. The van der Waals surface area contributed by atoms with Gasteiger partial charge in [-0.05, 0) is 5.16 Å². The first-order chi connectivity index (χ1) is 3.79. The molecule has 1 rings (SSSR count). The third-order valence-electron chi connectivity index (χ3n) is 0.675. The van der Waals surface area contributed by atoms with Crippen LogP contribution in [0, 0.1) is 0 Å². The highest BCUT2D eigenvalue weighted by Gasteiger charge is 2.09. The third kappa shape index (κ3) is 0.959. The lowest BCUT2D eigenvalue weighted by atomic mass is 10.7. The zero-order chi connectivity index (χ0) is 5.98. The van der Waals surface area contributed by atoms with Crippen molar-refractivity contribution in [2.75, 3.05) is 6.61 Å². The maximum atomic E-state index is 10.2. The summed E-state index contributed by atoms with van der Waals surface area (Å²) in [6, 6.07) is 0. The Morgan fingerprint density at radius 1 is 1.75 bits per heavy atom. The topological polar surface area (TPSA) is 47.9 Å². The standard InChI is InChI=1S/C4H5NO3/c1-3-5-8-4(6)2-7-3/h2H2,1H3. The average molecular weight is 115 g/mol. The van der Waals surface area contributed by atoms with Crippen LogP contribution < -0.4 is 0 Å². The number of carbonyl (C=O) groups excluding carboxylic acids is 1. The summed E-state index contributed by atoms with van der Waals surface area (Å²) in [6.07, 6.45) is 0. The number of rotatable bonds is 0. The van der Waals surface area contributed by atoms with Gasteiger partial charge in [-0.2, -0.15) is 0 Å². The Labute approximate surface area is 46.1 Å². The smallest absolute Gasteiger partial charge is 0.372 e. The van der Waals surface area contributed by atoms with Crippen molar-refractivity contribution in [1.29, 1.82) is 0 Å². The molecule has 1 aliphatic rings. The molecule has 0 N–H and O–H groups in total. The highest BCUT2D eigenvalue weighted by atomic mass is 16.7. The molecule has 1 heterocycles. The van der Waals surface area contributed by atoms with Crippen molar-refractivity contribution in [2.24, 2.45) is 5.16 Å². The van der Waals surface area contributed by atoms with E-state index in [1.165, 1.54) is 0 Å². The van der Waals surface area contributed by atoms with Crippen LogP contribution in [-0.2, 0) is 14.4 Å². The minimum atomic E-state index is -0.449. The fraction of sp³-hybridized carbons (Fsp3) is 0.500. The van der Waals surface area contributed by atoms with Gasteiger partial charge < -0.3 is 9.57 Å². The van der Waals surface area contributed by atoms with Gasteiger partial charge in [0.2, 0.25) is 5.90 Å². The Hall–Kier alpha value is -1.06. The largest absolute Gasteiger partial charge is 0.467 e. The molecule has 4 heteroatoms. The number of hydrogen-bond acceptors (Lipinski definition) is 4. The zero-order valence-electron chi connectivity index (χ0n) is 4.38. The summed E-state index contributed by atoms with van der Waals surface area (Å²) in [4.78, 5) is 14.4. The zero-order valence-corrected chi connectivity index (χ0v) is 4.38. The third-order valence-corrected chi connectivity index (χ3v) is 0.675. The van der Waals surface area contributed by atoms with Gasteiger partial charge in [-0.3, -0.25) is 0 Å². The predicted octanol–water partition coefficient (Wildman–Crippen LogP) is -0.107. The molecular weight excluding hydrogens is 110 g/mol. The lowest BCUT2D eigenvalue weighted by molar-refractivity contribution is -0.149. The molecule has 0 bridgehead atoms. The van der Waals surface area contributed by atoms with Gasteiger partial charge in [0.15, 0.2) is 6.61 Å². The maximum Gasteiger partial charge on any atom is 0.372 e. The van der Waals surface area contributed by atoms with E-state index in [1.807, 2.05) is 0 Å². The van der Waals surface area contributed by atoms with Crippen molar-refractivity contribution >= 4 is 11.9 Å². The molecule has 0 spiro atoms. The van der Waals surface area contributed by atoms with Crippen LogP contribution in [-0.4, -0.2) is 18.5 Å². The fourth-order valence-corrected chi connectivity index (χ4v) is 0.331. The molecule has 0 radical (unpaired) electrons. The van der Waals surface area contributed by atoms with Crippen LogP contribution in [0.4, 0.5) is 0 Å². The molecule has 44 valence electrons. The predicted molar refractivity (Wildman–Crippen MR) is 25.2 cm³/mol. The molecule has 0 saturated heterocycles. The Kier molecular flexibility index (Phi) is 1.15. The van der Waals surface area contributed by atoms with E-state index in [0.717, 1.165) is 0 Å². The van der Waals surface area contributed by atoms with Gasteiger partial charge >= 0.3 is 5.97 Å². The van der Waals surface area contributed by atoms with Crippen molar-refractivity contribution in [1.82, 2.24) is 0 Å². The molecule has 4 nitrogen and oxygen atoms in total. The second-order valence-electron chi connectivity index (χ2n) is 1.36. The number of carbonyl (C=O) groups is 1. The molecule has 0 aromatic heterocycles. The number of ether oxygens (including phenoxy) is 1. The quantitative estimate of drug-likeness (QED) is 0.414. The van der Waals surface area contributed by atoms with Gasteiger partial charge in [0, 0.05) is 6.92 Å². The summed E-state index contributed by atoms with van der Waals surface area (Å²) in [5.74, 6) is -0.0554. The Morgan fingerprint density at radius 3 is 2.88 bits per heavy atom. The fourth-order valence-electron chi connectivity index (χ4n) is 0.331. The summed E-state index contributed by atoms with van der Waals surface area (Å²) >= 11 is 0. The van der Waals surface area contributed by atoms with Crippen molar-refractivity contribution in [3.8, 4) is 0 Å². The summed E-state index contributed by atoms with van der Waals surface area (Å²) in [5.41, 5.74) is 0. The first-order valence-corrected chi connectivity index (χ1v) is 2.16. The molecule has 8 heavy (non-hydrogen) atoms. The number of nitrogens with zero attached hydrogens (tertiary/aromatic N) is 1. The Bertz CT molecular complexity index is 140. The molecule has 1 aliphatic heterocycles. The van der Waals surface area contributed by atoms with E-state index in [4.69, 9.17) is 0 Å². The molecule has 0 fully saturated rings. The van der Waals surface area contributed by atoms with E-state index in [2.05, 4.69) is 14.7 Å². The van der Waals surface area contributed by atoms with Crippen molar-refractivity contribution in [3.63, 3.8) is 0 Å². The summed E-state index contributed by atoms with van der Waals surface area (Å²) < 4.78 is 4.67. The van der Waals surface area contributed by atoms with Crippen molar-refractivity contribution < 1.29 is 14.4 Å². The van der Waals surface area contributed by atoms with Crippen LogP contribution >= 0.6 is 0 Å². The van der Waals surface area contributed by atoms with Crippen molar-refractivity contribution in [3.05, 3.63) is 0 Å². The minimum Gasteiger partial charge on any atom is -0.467 e. The van der Waals surface area contributed by atoms with Gasteiger partial charge in [-0.25, -0.2) is 4.79 Å². The molecule has 0 aromatic rings. The second-order valence-corrected chi connectivity index (χ2v) is 1.36. The van der Waals surface area contributed by atoms with Crippen LogP contribution in [0.1, 0.15) is 6.92 Å². The molecule has 0 amide bonds. The van der Waals surface area contributed by atoms with Gasteiger partial charge in [0.1, 0.15) is 0 Å². The number of oxime groups is 1. The van der Waals surface area contributed by atoms with E-state index < -0.39 is 5.97 Å². The van der Waals surface area contributed by atoms with Crippen LogP contribution in [0.15, 0.2) is 5.16 Å². The van der Waals surface area contributed by atoms with E-state index in [1.54, 1.807) is 6.92 Å².